The van der Waals surface area contributed by atoms with Crippen LogP contribution < -0.4 is 41.2 Å². The number of aromatic nitrogens is 5. The van der Waals surface area contributed by atoms with E-state index in [1.807, 2.05) is 140 Å². The van der Waals surface area contributed by atoms with Crippen LogP contribution in [0.15, 0.2) is 338 Å². The van der Waals surface area contributed by atoms with Gasteiger partial charge in [0.2, 0.25) is 5.78 Å². The Morgan fingerprint density at radius 2 is 0.942 bits per heavy atom. The van der Waals surface area contributed by atoms with Crippen LogP contribution in [-0.4, -0.2) is 95.5 Å². The van der Waals surface area contributed by atoms with Crippen LogP contribution in [0.4, 0.5) is 14.4 Å². The highest BCUT2D eigenvalue weighted by Gasteiger charge is 2.45. The maximum atomic E-state index is 13.5. The molecular weight excluding hydrogens is 1900 g/mol. The maximum absolute atomic E-state index is 13.5. The van der Waals surface area contributed by atoms with Crippen LogP contribution in [0.25, 0.3) is 22.4 Å². The summed E-state index contributed by atoms with van der Waals surface area (Å²) in [6.45, 7) is 16.6. The Hall–Kier alpha value is -12.0. The molecule has 716 valence electrons. The first kappa shape index (κ1) is 109. The zero-order valence-corrected chi connectivity index (χ0v) is 83.4. The first-order chi connectivity index (χ1) is 65.3. The molecule has 15 rings (SSSR count). The number of rotatable bonds is 21. The molecule has 0 spiro atoms. The van der Waals surface area contributed by atoms with Crippen LogP contribution in [0.3, 0.4) is 0 Å². The van der Waals surface area contributed by atoms with Crippen LogP contribution in [0.2, 0.25) is 0 Å². The SMILES string of the molecule is C(=NCc1ccccn1)c1ccccc1.CC(C)(C)OC(=O)Oc1ccc(CC(N)c2ccccn2)cc1.CC(C)(C)OC(=O)Oc1ccc(CCl)cc1.CC(C)(C)OC(=O)Oc1ccc(CO)cc1.O=C(C(Cl)(Cl)Cl)C(Cl)(Cl)Cl.O=C(NC(Cc1ccc(O)cc1)c1ccccn1)c1ccc2c(c1)nc(-c1ccoc1)n2C1CCCCC1.c1ccc(P(c2ccccc2)c2ccccc2)cc1. The van der Waals surface area contributed by atoms with Gasteiger partial charge in [0.15, 0.2) is 0 Å². The number of pyridine rings is 3. The minimum absolute atomic E-state index is 0.0350. The number of fused-ring (bicyclic) bond motifs is 1. The molecule has 0 saturated heterocycles. The van der Waals surface area contributed by atoms with Crippen molar-refractivity contribution in [3.8, 4) is 34.4 Å². The lowest BCUT2D eigenvalue weighted by molar-refractivity contribution is -0.117. The molecule has 1 aliphatic carbocycles. The summed E-state index contributed by atoms with van der Waals surface area (Å²) in [5, 5.41) is 25.9. The number of hydrogen-bond acceptors (Lipinski definition) is 20. The number of aliphatic hydroxyl groups is 1. The third-order valence-corrected chi connectivity index (χ3v) is 23.2. The van der Waals surface area contributed by atoms with Crippen molar-refractivity contribution in [2.45, 2.75) is 169 Å². The van der Waals surface area contributed by atoms with Gasteiger partial charge in [-0.1, -0.05) is 277 Å². The number of alkyl halides is 7. The maximum Gasteiger partial charge on any atom is 0.514 e. The summed E-state index contributed by atoms with van der Waals surface area (Å²) >= 11 is 36.2. The molecule has 2 unspecified atom stereocenters. The van der Waals surface area contributed by atoms with Gasteiger partial charge in [-0.2, -0.15) is 0 Å². The van der Waals surface area contributed by atoms with Crippen molar-refractivity contribution >= 4 is 152 Å². The van der Waals surface area contributed by atoms with Crippen molar-refractivity contribution < 1.29 is 67.0 Å². The summed E-state index contributed by atoms with van der Waals surface area (Å²) in [5.74, 6) is 1.55. The van der Waals surface area contributed by atoms with Gasteiger partial charge in [-0.15, -0.1) is 11.6 Å². The number of aliphatic imine (C=N–C) groups is 1. The minimum Gasteiger partial charge on any atom is -0.508 e. The van der Waals surface area contributed by atoms with E-state index < -0.39 is 56.6 Å². The average molecular weight is 2010 g/mol. The number of aromatic hydroxyl groups is 1. The van der Waals surface area contributed by atoms with E-state index >= 15 is 0 Å². The number of phenolic OH excluding ortho intramolecular Hbond substituents is 1. The van der Waals surface area contributed by atoms with Crippen molar-refractivity contribution in [1.29, 1.82) is 0 Å². The number of Topliss-reactive ketones (excluding diaryl/α,β-unsaturated/α-hetero) is 1. The second kappa shape index (κ2) is 54.2. The largest absolute Gasteiger partial charge is 0.514 e. The van der Waals surface area contributed by atoms with Gasteiger partial charge < -0.3 is 58.7 Å². The van der Waals surface area contributed by atoms with Crippen molar-refractivity contribution in [3.05, 3.63) is 379 Å². The van der Waals surface area contributed by atoms with E-state index in [0.29, 0.717) is 54.1 Å². The number of furan rings is 1. The Kier molecular flexibility index (Phi) is 43.0. The number of benzene rings is 9. The van der Waals surface area contributed by atoms with Crippen molar-refractivity contribution in [2.24, 2.45) is 10.7 Å². The molecule has 137 heavy (non-hydrogen) atoms. The molecule has 0 bridgehead atoms. The first-order valence-corrected chi connectivity index (χ1v) is 48.0. The van der Waals surface area contributed by atoms with E-state index in [1.165, 1.54) is 35.2 Å². The second-order valence-corrected chi connectivity index (χ2v) is 40.9. The zero-order chi connectivity index (χ0) is 99.0. The Labute approximate surface area is 835 Å². The Morgan fingerprint density at radius 3 is 1.36 bits per heavy atom. The molecular formula is C107H110Cl7N8O14P. The van der Waals surface area contributed by atoms with Crippen molar-refractivity contribution in [2.75, 3.05) is 0 Å². The number of amides is 1. The van der Waals surface area contributed by atoms with Crippen LogP contribution in [-0.2, 0) is 50.9 Å². The summed E-state index contributed by atoms with van der Waals surface area (Å²) < 4.78 is 33.5. The van der Waals surface area contributed by atoms with E-state index in [1.54, 1.807) is 166 Å². The number of hydrogen-bond donors (Lipinski definition) is 4. The lowest BCUT2D eigenvalue weighted by Crippen LogP contribution is -2.31. The molecule has 1 aliphatic rings. The van der Waals surface area contributed by atoms with Gasteiger partial charge >= 0.3 is 18.5 Å². The number of halogens is 7. The number of nitrogens with zero attached hydrogens (tertiary/aromatic N) is 6. The van der Waals surface area contributed by atoms with Crippen LogP contribution in [0, 0.1) is 0 Å². The molecule has 30 heteroatoms. The average Bonchev–Trinajstić information content (AvgIpc) is 1.59. The van der Waals surface area contributed by atoms with E-state index in [0.717, 1.165) is 80.2 Å². The van der Waals surface area contributed by atoms with Gasteiger partial charge in [-0.25, -0.2) is 19.4 Å². The van der Waals surface area contributed by atoms with Crippen LogP contribution >= 0.6 is 89.1 Å². The number of ether oxygens (including phenoxy) is 6. The third kappa shape index (κ3) is 39.2. The molecule has 2 atom stereocenters. The number of nitrogens with one attached hydrogen (secondary N) is 1. The zero-order valence-electron chi connectivity index (χ0n) is 77.2. The van der Waals surface area contributed by atoms with E-state index in [9.17, 15) is 29.1 Å². The molecule has 1 saturated carbocycles. The lowest BCUT2D eigenvalue weighted by Gasteiger charge is -2.25. The number of ketones is 1. The van der Waals surface area contributed by atoms with Gasteiger partial charge in [-0.05, 0) is 249 Å². The molecule has 0 aliphatic heterocycles. The third-order valence-electron chi connectivity index (χ3n) is 19.4. The molecule has 1 amide bonds. The minimum atomic E-state index is -2.18. The Bertz CT molecular complexity index is 5820. The first-order valence-electron chi connectivity index (χ1n) is 43.8. The molecule has 5 N–H and O–H groups in total. The molecule has 5 aromatic heterocycles. The van der Waals surface area contributed by atoms with Crippen LogP contribution in [0.5, 0.6) is 23.0 Å². The molecule has 0 radical (unpaired) electrons. The van der Waals surface area contributed by atoms with E-state index in [-0.39, 0.29) is 30.3 Å². The number of imidazole rings is 1. The van der Waals surface area contributed by atoms with Gasteiger partial charge in [0, 0.05) is 42.3 Å². The van der Waals surface area contributed by atoms with Gasteiger partial charge in [-0.3, -0.25) is 29.5 Å². The smallest absolute Gasteiger partial charge is 0.508 e. The summed E-state index contributed by atoms with van der Waals surface area (Å²) in [6.07, 6.45) is 15.5. The quantitative estimate of drug-likeness (QED) is 0.0130. The fourth-order valence-electron chi connectivity index (χ4n) is 13.1. The van der Waals surface area contributed by atoms with Gasteiger partial charge in [0.1, 0.15) is 51.9 Å². The summed E-state index contributed by atoms with van der Waals surface area (Å²) in [4.78, 5) is 80.7. The number of phenols is 1. The van der Waals surface area contributed by atoms with Gasteiger partial charge in [0.05, 0.1) is 65.2 Å². The molecule has 1 fully saturated rings. The Morgan fingerprint density at radius 1 is 0.511 bits per heavy atom. The fourth-order valence-corrected chi connectivity index (χ4v) is 16.9. The Balaban J connectivity index is 0.000000187. The fraction of sp³-hybridized carbons (Fsp3) is 0.252. The number of carbonyl (C=O) groups excluding carboxylic acids is 5. The van der Waals surface area contributed by atoms with Crippen molar-refractivity contribution in [1.82, 2.24) is 29.8 Å². The van der Waals surface area contributed by atoms with Gasteiger partial charge in [0.25, 0.3) is 13.5 Å². The summed E-state index contributed by atoms with van der Waals surface area (Å²) in [5.41, 5.74) is 15.3. The molecule has 14 aromatic rings. The van der Waals surface area contributed by atoms with E-state index in [4.69, 9.17) is 130 Å². The number of nitrogens with two attached hydrogens (primary N) is 1. The standard InChI is InChI=1S/C31H30N4O3.C18H22N2O3.C18H15P.C13H12N2.C12H15ClO3.C12H16O4.C3Cl6O/c36-25-12-9-21(10-13-25)18-27(26-8-4-5-16-32-26)34-31(37)22-11-14-29-28(19-22)33-30(23-15-17-38-20-23)35(29)24-6-2-1-3-7-24;1-18(2,3)23-17(21)22-14-9-7-13(8-10-14)12-15(19)16-6-4-5-11-20-16;1-4-10-16(11-5-1)19(17-12-6-2-7-13-17)18-14-8-3-9-15-18;1-2-6-12(7-3-1)10-14-11-13-8-4-5-9-15-13;2*1-12(2,3)16-11(14)15-10-6-4-9(8-13)5-7-10;4-2(5,6)1(10)3(7,8)9/h4-5,8-17,19-20,24,27,36H,1-3,6-7,18H2,(H,34,37);4-11,15H,12,19H2,1-3H3;1-15H;1-10H,11H2;4-7H,8H2,1-3H3;4-7,13H,8H2,1-3H3;. The number of carbonyl (C=O) groups is 5. The van der Waals surface area contributed by atoms with Crippen molar-refractivity contribution in [3.63, 3.8) is 0 Å². The van der Waals surface area contributed by atoms with E-state index in [2.05, 4.69) is 121 Å². The highest BCUT2D eigenvalue weighted by atomic mass is 35.6. The predicted molar refractivity (Wildman–Crippen MR) is 549 cm³/mol. The molecule has 9 aromatic carbocycles. The molecule has 5 heterocycles. The lowest BCUT2D eigenvalue weighted by atomic mass is 9.95. The topological polar surface area (TPSA) is 301 Å². The summed E-state index contributed by atoms with van der Waals surface area (Å²) in [7, 11) is -0.446. The second-order valence-electron chi connectivity index (χ2n) is 33.8. The normalized spacial score (nSPS) is 12.4. The molecule has 22 nitrogen and oxygen atoms in total. The highest BCUT2D eigenvalue weighted by molar-refractivity contribution is 7.79. The highest BCUT2D eigenvalue weighted by Crippen LogP contribution is 2.41. The number of aliphatic hydroxyl groups excluding tert-OH is 1. The monoisotopic (exact) mass is 2010 g/mol. The summed E-state index contributed by atoms with van der Waals surface area (Å²) in [6, 6.07) is 95.0. The van der Waals surface area contributed by atoms with Crippen LogP contribution in [0.1, 0.15) is 168 Å². The predicted octanol–water partition coefficient (Wildman–Crippen LogP) is 25.9.